The average Bonchev–Trinajstić information content (AvgIpc) is 2.21. The predicted octanol–water partition coefficient (Wildman–Crippen LogP) is -1.66. The van der Waals surface area contributed by atoms with Crippen molar-refractivity contribution in [2.45, 2.75) is 6.42 Å². The van der Waals surface area contributed by atoms with Crippen LogP contribution in [0.3, 0.4) is 0 Å². The lowest BCUT2D eigenvalue weighted by Crippen LogP contribution is -2.37. The molecule has 86 valence electrons. The second kappa shape index (κ2) is 7.74. The second-order valence-electron chi connectivity index (χ2n) is 2.67. The van der Waals surface area contributed by atoms with E-state index in [1.54, 1.807) is 0 Å². The Hall–Kier alpha value is -1.63. The highest BCUT2D eigenvalue weighted by Crippen LogP contribution is 1.80. The van der Waals surface area contributed by atoms with Crippen molar-refractivity contribution in [3.8, 4) is 0 Å². The molecule has 7 heteroatoms. The molecule has 1 amide bonds. The monoisotopic (exact) mass is 218 g/mol. The summed E-state index contributed by atoms with van der Waals surface area (Å²) >= 11 is 0. The lowest BCUT2D eigenvalue weighted by Gasteiger charge is -2.03. The zero-order valence-electron chi connectivity index (χ0n) is 8.41. The van der Waals surface area contributed by atoms with Crippen molar-refractivity contribution < 1.29 is 24.2 Å². The molecule has 15 heavy (non-hydrogen) atoms. The number of amides is 1. The normalized spacial score (nSPS) is 9.40. The Morgan fingerprint density at radius 1 is 1.27 bits per heavy atom. The highest BCUT2D eigenvalue weighted by molar-refractivity contribution is 5.82. The molecule has 0 saturated heterocycles. The van der Waals surface area contributed by atoms with Crippen molar-refractivity contribution in [2.75, 3.05) is 26.7 Å². The molecule has 0 aliphatic carbocycles. The van der Waals surface area contributed by atoms with E-state index in [9.17, 15) is 14.4 Å². The fourth-order valence-corrected chi connectivity index (χ4v) is 0.731. The molecule has 0 heterocycles. The molecule has 3 N–H and O–H groups in total. The fraction of sp³-hybridized carbons (Fsp3) is 0.625. The molecule has 0 aliphatic heterocycles. The number of rotatable bonds is 7. The molecule has 0 bridgehead atoms. The number of methoxy groups -OCH3 is 1. The smallest absolute Gasteiger partial charge is 0.322 e. The second-order valence-corrected chi connectivity index (χ2v) is 2.67. The van der Waals surface area contributed by atoms with E-state index < -0.39 is 18.4 Å². The minimum absolute atomic E-state index is 0.0235. The Bertz CT molecular complexity index is 241. The largest absolute Gasteiger partial charge is 0.480 e. The molecule has 0 spiro atoms. The quantitative estimate of drug-likeness (QED) is 0.349. The van der Waals surface area contributed by atoms with E-state index in [1.165, 1.54) is 7.11 Å². The Morgan fingerprint density at radius 2 is 1.93 bits per heavy atom. The maximum atomic E-state index is 10.9. The van der Waals surface area contributed by atoms with Gasteiger partial charge in [-0.3, -0.25) is 14.4 Å². The van der Waals surface area contributed by atoms with Gasteiger partial charge in [0.25, 0.3) is 0 Å². The van der Waals surface area contributed by atoms with Gasteiger partial charge in [0.1, 0.15) is 6.54 Å². The molecule has 7 nitrogen and oxygen atoms in total. The molecule has 0 aliphatic rings. The molecule has 0 fully saturated rings. The van der Waals surface area contributed by atoms with Crippen molar-refractivity contribution in [2.24, 2.45) is 0 Å². The number of carbonyl (C=O) groups excluding carboxylic acids is 2. The number of carbonyl (C=O) groups is 3. The summed E-state index contributed by atoms with van der Waals surface area (Å²) in [6.07, 6.45) is 0.169. The number of hydrogen-bond acceptors (Lipinski definition) is 5. The van der Waals surface area contributed by atoms with Gasteiger partial charge in [-0.2, -0.15) is 0 Å². The summed E-state index contributed by atoms with van der Waals surface area (Å²) in [5, 5.41) is 13.1. The summed E-state index contributed by atoms with van der Waals surface area (Å²) in [6, 6.07) is 0. The number of carboxylic acid groups (broad SMARTS) is 1. The minimum atomic E-state index is -1.10. The van der Waals surface area contributed by atoms with Crippen LogP contribution in [0, 0.1) is 0 Å². The van der Waals surface area contributed by atoms with E-state index >= 15 is 0 Å². The van der Waals surface area contributed by atoms with E-state index in [0.29, 0.717) is 6.54 Å². The molecular formula is C8H14N2O5. The summed E-state index contributed by atoms with van der Waals surface area (Å²) in [4.78, 5) is 31.6. The van der Waals surface area contributed by atoms with Crippen molar-refractivity contribution in [1.29, 1.82) is 0 Å². The van der Waals surface area contributed by atoms with E-state index in [4.69, 9.17) is 5.11 Å². The first-order valence-electron chi connectivity index (χ1n) is 4.32. The molecule has 0 aromatic heterocycles. The number of esters is 1. The summed E-state index contributed by atoms with van der Waals surface area (Å²) in [5.74, 6) is -1.89. The first kappa shape index (κ1) is 13.4. The lowest BCUT2D eigenvalue weighted by molar-refractivity contribution is -0.140. The molecule has 0 saturated carbocycles. The number of hydrogen-bond donors (Lipinski definition) is 3. The predicted molar refractivity (Wildman–Crippen MR) is 50.1 cm³/mol. The topological polar surface area (TPSA) is 105 Å². The van der Waals surface area contributed by atoms with Crippen LogP contribution in [0.2, 0.25) is 0 Å². The van der Waals surface area contributed by atoms with E-state index in [2.05, 4.69) is 15.4 Å². The third-order valence-corrected chi connectivity index (χ3v) is 1.46. The third kappa shape index (κ3) is 8.69. The standard InChI is InChI=1S/C8H14N2O5/c1-15-8(14)2-3-9-4-6(11)10-5-7(12)13/h9H,2-5H2,1H3,(H,10,11)(H,12,13). The maximum Gasteiger partial charge on any atom is 0.322 e. The van der Waals surface area contributed by atoms with Gasteiger partial charge in [0.05, 0.1) is 20.1 Å². The van der Waals surface area contributed by atoms with Crippen LogP contribution in [0.25, 0.3) is 0 Å². The average molecular weight is 218 g/mol. The van der Waals surface area contributed by atoms with Crippen molar-refractivity contribution in [3.63, 3.8) is 0 Å². The van der Waals surface area contributed by atoms with Crippen molar-refractivity contribution >= 4 is 17.8 Å². The van der Waals surface area contributed by atoms with E-state index in [0.717, 1.165) is 0 Å². The zero-order valence-corrected chi connectivity index (χ0v) is 8.41. The fourth-order valence-electron chi connectivity index (χ4n) is 0.731. The Balaban J connectivity index is 3.39. The molecule has 0 unspecified atom stereocenters. The van der Waals surface area contributed by atoms with Crippen LogP contribution >= 0.6 is 0 Å². The molecular weight excluding hydrogens is 204 g/mol. The number of aliphatic carboxylic acids is 1. The van der Waals surface area contributed by atoms with E-state index in [-0.39, 0.29) is 18.9 Å². The number of ether oxygens (including phenoxy) is 1. The first-order valence-corrected chi connectivity index (χ1v) is 4.32. The van der Waals surface area contributed by atoms with Gasteiger partial charge in [-0.15, -0.1) is 0 Å². The minimum Gasteiger partial charge on any atom is -0.480 e. The summed E-state index contributed by atoms with van der Waals surface area (Å²) < 4.78 is 4.38. The molecule has 0 radical (unpaired) electrons. The first-order chi connectivity index (χ1) is 7.06. The maximum absolute atomic E-state index is 10.9. The number of carboxylic acids is 1. The van der Waals surface area contributed by atoms with Crippen LogP contribution in [0.5, 0.6) is 0 Å². The molecule has 0 aromatic rings. The Kier molecular flexibility index (Phi) is 6.90. The van der Waals surface area contributed by atoms with Gasteiger partial charge in [0.15, 0.2) is 0 Å². The van der Waals surface area contributed by atoms with Crippen molar-refractivity contribution in [3.05, 3.63) is 0 Å². The zero-order chi connectivity index (χ0) is 11.7. The molecule has 0 aromatic carbocycles. The van der Waals surface area contributed by atoms with Crippen LogP contribution in [0.1, 0.15) is 6.42 Å². The third-order valence-electron chi connectivity index (χ3n) is 1.46. The van der Waals surface area contributed by atoms with Crippen molar-refractivity contribution in [1.82, 2.24) is 10.6 Å². The van der Waals surface area contributed by atoms with Crippen LogP contribution in [-0.4, -0.2) is 49.7 Å². The highest BCUT2D eigenvalue weighted by Gasteiger charge is 2.04. The number of nitrogens with one attached hydrogen (secondary N) is 2. The van der Waals surface area contributed by atoms with Gasteiger partial charge in [-0.05, 0) is 0 Å². The summed E-state index contributed by atoms with van der Waals surface area (Å²) in [6.45, 7) is -0.116. The summed E-state index contributed by atoms with van der Waals surface area (Å²) in [5.41, 5.74) is 0. The SMILES string of the molecule is COC(=O)CCNCC(=O)NCC(=O)O. The Morgan fingerprint density at radius 3 is 2.47 bits per heavy atom. The van der Waals surface area contributed by atoms with Gasteiger partial charge < -0.3 is 20.5 Å². The molecule has 0 atom stereocenters. The van der Waals surface area contributed by atoms with Crippen LogP contribution < -0.4 is 10.6 Å². The van der Waals surface area contributed by atoms with Crippen LogP contribution in [0.4, 0.5) is 0 Å². The summed E-state index contributed by atoms with van der Waals surface area (Å²) in [7, 11) is 1.28. The lowest BCUT2D eigenvalue weighted by atomic mass is 10.4. The van der Waals surface area contributed by atoms with Gasteiger partial charge in [-0.1, -0.05) is 0 Å². The van der Waals surface area contributed by atoms with Gasteiger partial charge >= 0.3 is 11.9 Å². The van der Waals surface area contributed by atoms with Crippen LogP contribution in [0.15, 0.2) is 0 Å². The van der Waals surface area contributed by atoms with Gasteiger partial charge in [0.2, 0.25) is 5.91 Å². The molecule has 0 rings (SSSR count). The van der Waals surface area contributed by atoms with Gasteiger partial charge in [-0.25, -0.2) is 0 Å². The van der Waals surface area contributed by atoms with E-state index in [1.807, 2.05) is 0 Å². The van der Waals surface area contributed by atoms with Gasteiger partial charge in [0, 0.05) is 6.54 Å². The van der Waals surface area contributed by atoms with Crippen LogP contribution in [-0.2, 0) is 19.1 Å². The highest BCUT2D eigenvalue weighted by atomic mass is 16.5. The Labute approximate surface area is 86.8 Å².